The number of rotatable bonds is 23. The van der Waals surface area contributed by atoms with Crippen LogP contribution in [-0.2, 0) is 20.9 Å². The van der Waals surface area contributed by atoms with E-state index in [9.17, 15) is 35.2 Å². The first-order valence-corrected chi connectivity index (χ1v) is 22.0. The topological polar surface area (TPSA) is 206 Å². The number of aliphatic hydroxyl groups is 2. The highest BCUT2D eigenvalue weighted by Crippen LogP contribution is 2.62. The minimum atomic E-state index is -1.53. The summed E-state index contributed by atoms with van der Waals surface area (Å²) in [5.74, 6) is -1.35. The summed E-state index contributed by atoms with van der Waals surface area (Å²) in [4.78, 5) is 43.9. The van der Waals surface area contributed by atoms with Gasteiger partial charge in [0.1, 0.15) is 36.5 Å². The molecule has 6 unspecified atom stereocenters. The number of oxime groups is 1. The van der Waals surface area contributed by atoms with Crippen LogP contribution in [0.2, 0.25) is 0 Å². The van der Waals surface area contributed by atoms with Crippen molar-refractivity contribution in [2.45, 2.75) is 82.6 Å². The van der Waals surface area contributed by atoms with Crippen LogP contribution in [0.15, 0.2) is 96.2 Å². The number of alkyl halides is 1. The molecule has 1 aliphatic heterocycles. The molecule has 0 bridgehead atoms. The third-order valence-corrected chi connectivity index (χ3v) is 12.0. The van der Waals surface area contributed by atoms with Gasteiger partial charge < -0.3 is 34.0 Å². The Bertz CT molecular complexity index is 2130. The number of carbonyl (C=O) groups is 1. The molecule has 6 rings (SSSR count). The van der Waals surface area contributed by atoms with Gasteiger partial charge in [0.05, 0.1) is 40.0 Å². The van der Waals surface area contributed by atoms with Crippen LogP contribution >= 0.6 is 11.6 Å². The molecule has 2 aliphatic carbocycles. The van der Waals surface area contributed by atoms with Crippen molar-refractivity contribution < 1.29 is 48.6 Å². The summed E-state index contributed by atoms with van der Waals surface area (Å²) in [6, 6.07) is 16.6. The first kappa shape index (κ1) is 46.9. The Morgan fingerprint density at radius 2 is 1.73 bits per heavy atom. The molecule has 16 nitrogen and oxygen atoms in total. The Balaban J connectivity index is 1.56. The average molecular weight is 891 g/mol. The van der Waals surface area contributed by atoms with Gasteiger partial charge in [0.25, 0.3) is 11.4 Å². The van der Waals surface area contributed by atoms with Crippen LogP contribution in [0.4, 0.5) is 16.2 Å². The molecule has 6 atom stereocenters. The molecule has 338 valence electrons. The fraction of sp³-hybridized carbons (Fsp3) is 0.478. The number of hydrogen-bond acceptors (Lipinski definition) is 13. The lowest BCUT2D eigenvalue weighted by Gasteiger charge is -2.59. The van der Waals surface area contributed by atoms with E-state index in [4.69, 9.17) is 40.5 Å². The summed E-state index contributed by atoms with van der Waals surface area (Å²) in [6.45, 7) is 6.29. The van der Waals surface area contributed by atoms with Crippen molar-refractivity contribution in [3.63, 3.8) is 0 Å². The molecule has 3 aliphatic rings. The maximum atomic E-state index is 14.2. The van der Waals surface area contributed by atoms with Crippen molar-refractivity contribution in [2.24, 2.45) is 22.9 Å². The first-order valence-electron chi connectivity index (χ1n) is 21.4. The van der Waals surface area contributed by atoms with Gasteiger partial charge in [0.15, 0.2) is 0 Å². The molecule has 0 aromatic heterocycles. The van der Waals surface area contributed by atoms with E-state index in [1.165, 1.54) is 24.3 Å². The van der Waals surface area contributed by atoms with Gasteiger partial charge in [0, 0.05) is 55.9 Å². The van der Waals surface area contributed by atoms with Crippen molar-refractivity contribution in [3.05, 3.63) is 122 Å². The van der Waals surface area contributed by atoms with Crippen molar-refractivity contribution in [1.82, 2.24) is 4.90 Å². The molecule has 3 aromatic carbocycles. The van der Waals surface area contributed by atoms with Crippen LogP contribution in [-0.4, -0.2) is 87.4 Å². The lowest BCUT2D eigenvalue weighted by atomic mass is 9.55. The zero-order chi connectivity index (χ0) is 44.9. The van der Waals surface area contributed by atoms with E-state index in [2.05, 4.69) is 12.7 Å². The average Bonchev–Trinajstić information content (AvgIpc) is 3.28. The van der Waals surface area contributed by atoms with E-state index in [1.807, 2.05) is 13.0 Å². The second-order valence-corrected chi connectivity index (χ2v) is 16.2. The van der Waals surface area contributed by atoms with Crippen LogP contribution in [0, 0.1) is 38.0 Å². The van der Waals surface area contributed by atoms with Crippen molar-refractivity contribution in [1.29, 1.82) is 0 Å². The molecule has 17 heteroatoms. The smallest absolute Gasteiger partial charge is 0.410 e. The Morgan fingerprint density at radius 3 is 2.41 bits per heavy atom. The SMILES string of the molecule is C=CCOC12Oc3ccc(Oc4cccc([N+](=O)[O-])c4)cc3C3C(CCCCO)C(CCCCO)C=C(C(=NOCc4ccc([N+](=O)[O-])cc4)CC1N(CCC)C(=O)OCCCl)C32. The summed E-state index contributed by atoms with van der Waals surface area (Å²) in [7, 11) is 0. The molecule has 3 aromatic rings. The minimum absolute atomic E-state index is 0.00345. The summed E-state index contributed by atoms with van der Waals surface area (Å²) in [5.41, 5.74) is 2.64. The molecule has 0 radical (unpaired) electrons. The fourth-order valence-corrected chi connectivity index (χ4v) is 9.31. The number of unbranched alkanes of at least 4 members (excludes halogenated alkanes) is 2. The highest BCUT2D eigenvalue weighted by Gasteiger charge is 2.65. The number of hydrogen-bond donors (Lipinski definition) is 2. The molecule has 0 spiro atoms. The zero-order valence-electron chi connectivity index (χ0n) is 35.3. The number of ether oxygens (including phenoxy) is 4. The third kappa shape index (κ3) is 10.8. The number of allylic oxidation sites excluding steroid dienone is 1. The standard InChI is InChI=1S/C46H55ClN4O12/c1-3-21-49(45(54)59-25-20-47)42-29-40(48-61-30-31-14-16-33(17-15-31)50(55)56)38-26-32(10-5-7-22-52)37(13-6-8-23-53)43-39-28-36(62-35-12-9-11-34(27-35)51(57)58)18-19-41(39)63-46(42,44(38)43)60-24-4-2/h4,9,11-12,14-19,26-28,32,37,42-44,52-53H,2-3,5-8,10,13,20-25,29-30H2,1H3. The van der Waals surface area contributed by atoms with Gasteiger partial charge in [-0.05, 0) is 91.5 Å². The Labute approximate surface area is 371 Å². The molecule has 63 heavy (non-hydrogen) atoms. The number of fused-ring (bicyclic) bond motifs is 2. The maximum Gasteiger partial charge on any atom is 0.410 e. The lowest BCUT2D eigenvalue weighted by molar-refractivity contribution is -0.385. The number of nitro groups is 2. The zero-order valence-corrected chi connectivity index (χ0v) is 36.1. The number of benzene rings is 3. The molecule has 1 heterocycles. The number of nitro benzene ring substituents is 2. The maximum absolute atomic E-state index is 14.2. The quantitative estimate of drug-likeness (QED) is 0.0301. The van der Waals surface area contributed by atoms with Crippen LogP contribution in [0.25, 0.3) is 0 Å². The van der Waals surface area contributed by atoms with E-state index >= 15 is 0 Å². The van der Waals surface area contributed by atoms with Gasteiger partial charge in [-0.1, -0.05) is 43.1 Å². The second kappa shape index (κ2) is 22.2. The molecule has 1 fully saturated rings. The number of carbonyl (C=O) groups excluding carboxylic acids is 1. The largest absolute Gasteiger partial charge is 0.459 e. The van der Waals surface area contributed by atoms with Crippen LogP contribution in [0.5, 0.6) is 17.2 Å². The number of amides is 1. The number of aliphatic hydroxyl groups excluding tert-OH is 2. The summed E-state index contributed by atoms with van der Waals surface area (Å²) in [6.07, 6.45) is 7.98. The van der Waals surface area contributed by atoms with Gasteiger partial charge in [-0.15, -0.1) is 18.2 Å². The third-order valence-electron chi connectivity index (χ3n) is 11.8. The normalized spacial score (nSPS) is 22.8. The van der Waals surface area contributed by atoms with E-state index in [1.54, 1.807) is 47.4 Å². The fourth-order valence-electron chi connectivity index (χ4n) is 9.23. The summed E-state index contributed by atoms with van der Waals surface area (Å²) in [5, 5.41) is 47.6. The predicted octanol–water partition coefficient (Wildman–Crippen LogP) is 9.22. The van der Waals surface area contributed by atoms with Gasteiger partial charge >= 0.3 is 6.09 Å². The highest BCUT2D eigenvalue weighted by molar-refractivity contribution is 6.18. The molecular weight excluding hydrogens is 836 g/mol. The van der Waals surface area contributed by atoms with E-state index in [-0.39, 0.29) is 86.8 Å². The first-order chi connectivity index (χ1) is 30.6. The molecule has 0 saturated heterocycles. The van der Waals surface area contributed by atoms with Crippen molar-refractivity contribution in [2.75, 3.05) is 38.9 Å². The predicted molar refractivity (Wildman–Crippen MR) is 235 cm³/mol. The van der Waals surface area contributed by atoms with Crippen molar-refractivity contribution >= 4 is 34.8 Å². The Kier molecular flexibility index (Phi) is 16.5. The molecular formula is C46H55ClN4O12. The molecule has 1 amide bonds. The van der Waals surface area contributed by atoms with Crippen molar-refractivity contribution in [3.8, 4) is 17.2 Å². The molecule has 2 N–H and O–H groups in total. The monoisotopic (exact) mass is 890 g/mol. The second-order valence-electron chi connectivity index (χ2n) is 15.8. The Morgan fingerprint density at radius 1 is 1.00 bits per heavy atom. The highest BCUT2D eigenvalue weighted by atomic mass is 35.5. The number of halogens is 1. The molecule has 1 saturated carbocycles. The van der Waals surface area contributed by atoms with E-state index in [0.29, 0.717) is 54.9 Å². The Hall–Kier alpha value is -5.55. The van der Waals surface area contributed by atoms with Gasteiger partial charge in [-0.2, -0.15) is 0 Å². The van der Waals surface area contributed by atoms with Gasteiger partial charge in [-0.3, -0.25) is 25.1 Å². The van der Waals surface area contributed by atoms with Crippen LogP contribution < -0.4 is 9.47 Å². The number of non-ortho nitro benzene ring substituents is 2. The van der Waals surface area contributed by atoms with E-state index in [0.717, 1.165) is 24.0 Å². The van der Waals surface area contributed by atoms with Crippen LogP contribution in [0.1, 0.15) is 75.3 Å². The minimum Gasteiger partial charge on any atom is -0.459 e. The van der Waals surface area contributed by atoms with Crippen LogP contribution in [0.3, 0.4) is 0 Å². The number of nitrogens with zero attached hydrogens (tertiary/aromatic N) is 4. The lowest BCUT2D eigenvalue weighted by Crippen LogP contribution is -2.70. The summed E-state index contributed by atoms with van der Waals surface area (Å²) >= 11 is 6.01. The van der Waals surface area contributed by atoms with Gasteiger partial charge in [0.2, 0.25) is 5.79 Å². The van der Waals surface area contributed by atoms with E-state index < -0.39 is 33.7 Å². The summed E-state index contributed by atoms with van der Waals surface area (Å²) < 4.78 is 26.2. The van der Waals surface area contributed by atoms with Gasteiger partial charge in [-0.25, -0.2) is 4.79 Å².